The molecule has 0 aliphatic heterocycles. The zero-order valence-electron chi connectivity index (χ0n) is 25.1. The lowest BCUT2D eigenvalue weighted by Crippen LogP contribution is -2.33. The summed E-state index contributed by atoms with van der Waals surface area (Å²) in [5, 5.41) is 0. The number of anilines is 6. The Morgan fingerprint density at radius 3 is 0.955 bits per heavy atom. The highest BCUT2D eigenvalue weighted by Crippen LogP contribution is 2.53. The molecule has 0 bridgehead atoms. The normalized spacial score (nSPS) is 14.1. The number of benzene rings is 6. The molecule has 7 rings (SSSR count). The van der Waals surface area contributed by atoms with Crippen LogP contribution in [0.2, 0.25) is 0 Å². The molecule has 0 saturated heterocycles. The molecule has 0 spiro atoms. The fraction of sp³-hybridized carbons (Fsp3) is 0.143. The first-order valence-corrected chi connectivity index (χ1v) is 15.8. The monoisotopic (exact) mass is 570 g/mol. The minimum atomic E-state index is -0.158. The molecule has 1 saturated carbocycles. The van der Waals surface area contributed by atoms with Crippen LogP contribution in [0, 0.1) is 0 Å². The number of para-hydroxylation sites is 6. The molecule has 0 unspecified atom stereocenters. The van der Waals surface area contributed by atoms with Gasteiger partial charge in [0.2, 0.25) is 0 Å². The van der Waals surface area contributed by atoms with Gasteiger partial charge >= 0.3 is 0 Å². The van der Waals surface area contributed by atoms with Crippen molar-refractivity contribution in [2.75, 3.05) is 9.80 Å². The molecule has 0 N–H and O–H groups in total. The Bertz CT molecular complexity index is 1570. The van der Waals surface area contributed by atoms with Gasteiger partial charge in [0.05, 0.1) is 11.4 Å². The Balaban J connectivity index is 1.47. The topological polar surface area (TPSA) is 6.48 Å². The molecular weight excluding hydrogens is 532 g/mol. The van der Waals surface area contributed by atoms with Crippen molar-refractivity contribution in [2.45, 2.75) is 37.5 Å². The smallest absolute Gasteiger partial charge is 0.0502 e. The van der Waals surface area contributed by atoms with E-state index in [-0.39, 0.29) is 5.41 Å². The second-order valence-electron chi connectivity index (χ2n) is 11.7. The second kappa shape index (κ2) is 12.7. The van der Waals surface area contributed by atoms with Crippen molar-refractivity contribution >= 4 is 34.1 Å². The molecule has 2 nitrogen and oxygen atoms in total. The molecule has 44 heavy (non-hydrogen) atoms. The maximum absolute atomic E-state index is 2.44. The molecule has 1 aliphatic carbocycles. The Kier molecular flexibility index (Phi) is 7.97. The summed E-state index contributed by atoms with van der Waals surface area (Å²) in [7, 11) is 0. The van der Waals surface area contributed by atoms with Crippen LogP contribution in [-0.4, -0.2) is 0 Å². The Hall–Kier alpha value is -5.08. The predicted molar refractivity (Wildman–Crippen MR) is 186 cm³/mol. The van der Waals surface area contributed by atoms with E-state index in [4.69, 9.17) is 0 Å². The molecule has 1 aliphatic rings. The lowest BCUT2D eigenvalue weighted by atomic mass is 9.64. The van der Waals surface area contributed by atoms with Gasteiger partial charge in [0.15, 0.2) is 0 Å². The van der Waals surface area contributed by atoms with Gasteiger partial charge in [-0.15, -0.1) is 0 Å². The van der Waals surface area contributed by atoms with Crippen molar-refractivity contribution < 1.29 is 0 Å². The third-order valence-corrected chi connectivity index (χ3v) is 9.09. The van der Waals surface area contributed by atoms with Crippen LogP contribution >= 0.6 is 0 Å². The lowest BCUT2D eigenvalue weighted by molar-refractivity contribution is 0.347. The largest absolute Gasteiger partial charge is 0.310 e. The molecule has 1 fully saturated rings. The minimum absolute atomic E-state index is 0.158. The van der Waals surface area contributed by atoms with Gasteiger partial charge in [0, 0.05) is 28.2 Å². The van der Waals surface area contributed by atoms with E-state index < -0.39 is 0 Å². The van der Waals surface area contributed by atoms with Crippen LogP contribution in [0.1, 0.15) is 43.2 Å². The fourth-order valence-corrected chi connectivity index (χ4v) is 7.15. The average Bonchev–Trinajstić information content (AvgIpc) is 3.11. The summed E-state index contributed by atoms with van der Waals surface area (Å²) in [4.78, 5) is 4.89. The summed E-state index contributed by atoms with van der Waals surface area (Å²) in [5.74, 6) is 0. The zero-order valence-corrected chi connectivity index (χ0v) is 25.1. The van der Waals surface area contributed by atoms with Crippen LogP contribution in [0.25, 0.3) is 0 Å². The van der Waals surface area contributed by atoms with Crippen molar-refractivity contribution in [3.63, 3.8) is 0 Å². The molecular formula is C42H38N2. The van der Waals surface area contributed by atoms with Gasteiger partial charge in [0.1, 0.15) is 0 Å². The summed E-state index contributed by atoms with van der Waals surface area (Å²) in [6, 6.07) is 61.5. The highest BCUT2D eigenvalue weighted by Gasteiger charge is 2.41. The molecule has 0 aromatic heterocycles. The predicted octanol–water partition coefficient (Wildman–Crippen LogP) is 11.9. The highest BCUT2D eigenvalue weighted by molar-refractivity contribution is 5.83. The van der Waals surface area contributed by atoms with Gasteiger partial charge in [-0.1, -0.05) is 128 Å². The molecule has 216 valence electrons. The third-order valence-electron chi connectivity index (χ3n) is 9.09. The van der Waals surface area contributed by atoms with E-state index in [1.807, 2.05) is 0 Å². The van der Waals surface area contributed by atoms with E-state index >= 15 is 0 Å². The van der Waals surface area contributed by atoms with Gasteiger partial charge < -0.3 is 9.80 Å². The van der Waals surface area contributed by atoms with E-state index in [0.717, 1.165) is 12.8 Å². The van der Waals surface area contributed by atoms with Crippen molar-refractivity contribution in [1.82, 2.24) is 0 Å². The van der Waals surface area contributed by atoms with E-state index in [2.05, 4.69) is 180 Å². The summed E-state index contributed by atoms with van der Waals surface area (Å²) < 4.78 is 0. The van der Waals surface area contributed by atoms with Crippen LogP contribution in [0.5, 0.6) is 0 Å². The van der Waals surface area contributed by atoms with Gasteiger partial charge in [0.25, 0.3) is 0 Å². The first kappa shape index (κ1) is 27.7. The number of hydrogen-bond acceptors (Lipinski definition) is 2. The summed E-state index contributed by atoms with van der Waals surface area (Å²) in [5.41, 5.74) is 9.78. The molecule has 0 radical (unpaired) electrons. The van der Waals surface area contributed by atoms with Gasteiger partial charge in [-0.25, -0.2) is 0 Å². The molecule has 0 amide bonds. The van der Waals surface area contributed by atoms with Crippen LogP contribution in [0.3, 0.4) is 0 Å². The maximum Gasteiger partial charge on any atom is 0.0502 e. The lowest BCUT2D eigenvalue weighted by Gasteiger charge is -2.43. The Morgan fingerprint density at radius 1 is 0.318 bits per heavy atom. The van der Waals surface area contributed by atoms with Gasteiger partial charge in [-0.3, -0.25) is 0 Å². The molecule has 2 heteroatoms. The van der Waals surface area contributed by atoms with Crippen LogP contribution in [0.4, 0.5) is 34.1 Å². The maximum atomic E-state index is 2.44. The third kappa shape index (κ3) is 5.29. The Morgan fingerprint density at radius 2 is 0.614 bits per heavy atom. The molecule has 0 atom stereocenters. The Labute approximate surface area is 261 Å². The van der Waals surface area contributed by atoms with E-state index in [0.29, 0.717) is 0 Å². The SMILES string of the molecule is c1ccc(N(c2ccccc2)c2ccccc2C2(c3ccccc3N(c3ccccc3)c3ccccc3)CCCCC2)cc1. The quantitative estimate of drug-likeness (QED) is 0.180. The van der Waals surface area contributed by atoms with Crippen molar-refractivity contribution in [3.8, 4) is 0 Å². The van der Waals surface area contributed by atoms with Crippen molar-refractivity contribution in [1.29, 1.82) is 0 Å². The van der Waals surface area contributed by atoms with Crippen LogP contribution < -0.4 is 9.80 Å². The summed E-state index contributed by atoms with van der Waals surface area (Å²) >= 11 is 0. The first-order chi connectivity index (χ1) is 21.9. The number of nitrogens with zero attached hydrogens (tertiary/aromatic N) is 2. The van der Waals surface area contributed by atoms with Gasteiger partial charge in [-0.2, -0.15) is 0 Å². The van der Waals surface area contributed by atoms with Crippen molar-refractivity contribution in [3.05, 3.63) is 181 Å². The number of rotatable bonds is 8. The average molecular weight is 571 g/mol. The van der Waals surface area contributed by atoms with E-state index in [9.17, 15) is 0 Å². The van der Waals surface area contributed by atoms with Crippen LogP contribution in [0.15, 0.2) is 170 Å². The van der Waals surface area contributed by atoms with E-state index in [1.54, 1.807) is 0 Å². The van der Waals surface area contributed by atoms with Crippen molar-refractivity contribution in [2.24, 2.45) is 0 Å². The van der Waals surface area contributed by atoms with Crippen LogP contribution in [-0.2, 0) is 5.41 Å². The zero-order chi connectivity index (χ0) is 29.6. The standard InChI is InChI=1S/C42H38N2/c1-6-20-34(21-7-1)43(35-22-8-2-9-23-35)40-30-16-14-28-38(40)42(32-18-5-19-33-42)39-29-15-17-31-41(39)44(36-24-10-3-11-25-36)37-26-12-4-13-27-37/h1-4,6-17,20-31H,5,18-19,32-33H2. The number of hydrogen-bond donors (Lipinski definition) is 0. The minimum Gasteiger partial charge on any atom is -0.310 e. The summed E-state index contributed by atoms with van der Waals surface area (Å²) in [6.45, 7) is 0. The fourth-order valence-electron chi connectivity index (χ4n) is 7.15. The molecule has 0 heterocycles. The van der Waals surface area contributed by atoms with Gasteiger partial charge in [-0.05, 0) is 84.6 Å². The second-order valence-corrected chi connectivity index (χ2v) is 11.7. The first-order valence-electron chi connectivity index (χ1n) is 15.8. The molecule has 6 aromatic rings. The van der Waals surface area contributed by atoms with E-state index in [1.165, 1.54) is 64.5 Å². The summed E-state index contributed by atoms with van der Waals surface area (Å²) in [6.07, 6.45) is 5.89. The molecule has 6 aromatic carbocycles. The highest BCUT2D eigenvalue weighted by atomic mass is 15.2.